The standard InChI is InChI=1S/C16H23N5OS/c1-3-22-15-7-5-4-6-14(15)20-10-8-19(9-11-20)13-21-16(23)18(2)12-17-21/h4-7,12H,3,8-11,13H2,1-2H3. The van der Waals surface area contributed by atoms with Crippen molar-refractivity contribution < 1.29 is 4.74 Å². The summed E-state index contributed by atoms with van der Waals surface area (Å²) in [6.45, 7) is 7.38. The highest BCUT2D eigenvalue weighted by Crippen LogP contribution is 2.28. The molecule has 1 aromatic heterocycles. The van der Waals surface area contributed by atoms with Gasteiger partial charge in [-0.2, -0.15) is 5.10 Å². The number of rotatable bonds is 5. The summed E-state index contributed by atoms with van der Waals surface area (Å²) in [5.41, 5.74) is 1.18. The molecule has 3 rings (SSSR count). The minimum atomic E-state index is 0.689. The Kier molecular flexibility index (Phi) is 4.97. The molecule has 23 heavy (non-hydrogen) atoms. The Labute approximate surface area is 141 Å². The molecule has 2 heterocycles. The van der Waals surface area contributed by atoms with Crippen LogP contribution in [0.3, 0.4) is 0 Å². The van der Waals surface area contributed by atoms with Crippen molar-refractivity contribution in [2.75, 3.05) is 37.7 Å². The van der Waals surface area contributed by atoms with E-state index in [9.17, 15) is 0 Å². The van der Waals surface area contributed by atoms with Crippen LogP contribution in [0.4, 0.5) is 5.69 Å². The highest BCUT2D eigenvalue weighted by molar-refractivity contribution is 7.71. The zero-order chi connectivity index (χ0) is 16.2. The van der Waals surface area contributed by atoms with Gasteiger partial charge in [0.1, 0.15) is 12.1 Å². The number of anilines is 1. The van der Waals surface area contributed by atoms with Gasteiger partial charge in [0.2, 0.25) is 0 Å². The molecule has 6 nitrogen and oxygen atoms in total. The summed E-state index contributed by atoms with van der Waals surface area (Å²) in [5, 5.41) is 4.33. The van der Waals surface area contributed by atoms with E-state index in [1.165, 1.54) is 5.69 Å². The second-order valence-electron chi connectivity index (χ2n) is 5.67. The van der Waals surface area contributed by atoms with Crippen molar-refractivity contribution in [2.24, 2.45) is 7.05 Å². The van der Waals surface area contributed by atoms with Crippen LogP contribution in [0.1, 0.15) is 6.92 Å². The Morgan fingerprint density at radius 3 is 2.57 bits per heavy atom. The monoisotopic (exact) mass is 333 g/mol. The van der Waals surface area contributed by atoms with Crippen molar-refractivity contribution >= 4 is 17.9 Å². The van der Waals surface area contributed by atoms with E-state index in [4.69, 9.17) is 17.0 Å². The van der Waals surface area contributed by atoms with Gasteiger partial charge in [0.25, 0.3) is 0 Å². The fourth-order valence-electron chi connectivity index (χ4n) is 2.83. The minimum Gasteiger partial charge on any atom is -0.492 e. The molecule has 1 aliphatic rings. The van der Waals surface area contributed by atoms with Crippen molar-refractivity contribution in [3.63, 3.8) is 0 Å². The Bertz CT molecular complexity index is 702. The van der Waals surface area contributed by atoms with Crippen LogP contribution in [-0.4, -0.2) is 52.0 Å². The average molecular weight is 333 g/mol. The Morgan fingerprint density at radius 2 is 1.91 bits per heavy atom. The van der Waals surface area contributed by atoms with Gasteiger partial charge in [-0.15, -0.1) is 0 Å². The van der Waals surface area contributed by atoms with Crippen LogP contribution in [0.25, 0.3) is 0 Å². The quantitative estimate of drug-likeness (QED) is 0.784. The van der Waals surface area contributed by atoms with Gasteiger partial charge >= 0.3 is 0 Å². The van der Waals surface area contributed by atoms with Crippen LogP contribution in [0.2, 0.25) is 0 Å². The van der Waals surface area contributed by atoms with E-state index < -0.39 is 0 Å². The number of para-hydroxylation sites is 2. The molecule has 1 aliphatic heterocycles. The minimum absolute atomic E-state index is 0.689. The normalized spacial score (nSPS) is 15.8. The van der Waals surface area contributed by atoms with E-state index in [0.29, 0.717) is 6.61 Å². The van der Waals surface area contributed by atoms with Gasteiger partial charge in [-0.3, -0.25) is 4.90 Å². The van der Waals surface area contributed by atoms with Gasteiger partial charge in [0.15, 0.2) is 4.77 Å². The number of nitrogens with zero attached hydrogens (tertiary/aromatic N) is 5. The molecule has 0 bridgehead atoms. The lowest BCUT2D eigenvalue weighted by Gasteiger charge is -2.36. The lowest BCUT2D eigenvalue weighted by atomic mass is 10.2. The Morgan fingerprint density at radius 1 is 1.17 bits per heavy atom. The molecule has 1 aromatic carbocycles. The first-order valence-electron chi connectivity index (χ1n) is 7.96. The third-order valence-electron chi connectivity index (χ3n) is 4.10. The average Bonchev–Trinajstić information content (AvgIpc) is 2.89. The molecule has 0 spiro atoms. The number of benzene rings is 1. The summed E-state index contributed by atoms with van der Waals surface area (Å²) in [6.07, 6.45) is 1.76. The van der Waals surface area contributed by atoms with Gasteiger partial charge < -0.3 is 14.2 Å². The highest BCUT2D eigenvalue weighted by atomic mass is 32.1. The van der Waals surface area contributed by atoms with E-state index in [1.54, 1.807) is 6.33 Å². The Balaban J connectivity index is 1.62. The first kappa shape index (κ1) is 16.0. The second-order valence-corrected chi connectivity index (χ2v) is 6.04. The molecular formula is C16H23N5OS. The molecule has 1 saturated heterocycles. The number of ether oxygens (including phenoxy) is 1. The predicted molar refractivity (Wildman–Crippen MR) is 93.4 cm³/mol. The summed E-state index contributed by atoms with van der Waals surface area (Å²) >= 11 is 5.35. The van der Waals surface area contributed by atoms with Crippen molar-refractivity contribution in [3.05, 3.63) is 35.4 Å². The Hall–Kier alpha value is -1.86. The van der Waals surface area contributed by atoms with Crippen LogP contribution < -0.4 is 9.64 Å². The number of hydrogen-bond donors (Lipinski definition) is 0. The number of piperazine rings is 1. The third kappa shape index (κ3) is 3.56. The topological polar surface area (TPSA) is 38.5 Å². The maximum absolute atomic E-state index is 5.75. The van der Waals surface area contributed by atoms with E-state index in [0.717, 1.165) is 43.4 Å². The molecule has 2 aromatic rings. The first-order valence-corrected chi connectivity index (χ1v) is 8.37. The predicted octanol–water partition coefficient (Wildman–Crippen LogP) is 2.13. The number of aromatic nitrogens is 3. The maximum atomic E-state index is 5.75. The van der Waals surface area contributed by atoms with Gasteiger partial charge in [0, 0.05) is 33.2 Å². The largest absolute Gasteiger partial charge is 0.492 e. The first-order chi connectivity index (χ1) is 11.2. The van der Waals surface area contributed by atoms with Gasteiger partial charge in [0.05, 0.1) is 19.0 Å². The molecule has 0 saturated carbocycles. The van der Waals surface area contributed by atoms with E-state index >= 15 is 0 Å². The second kappa shape index (κ2) is 7.14. The molecule has 0 radical (unpaired) electrons. The molecule has 0 amide bonds. The molecule has 1 fully saturated rings. The fraction of sp³-hybridized carbons (Fsp3) is 0.500. The van der Waals surface area contributed by atoms with Crippen LogP contribution >= 0.6 is 12.2 Å². The van der Waals surface area contributed by atoms with Crippen LogP contribution in [0.15, 0.2) is 30.6 Å². The molecule has 7 heteroatoms. The molecule has 0 N–H and O–H groups in total. The summed E-state index contributed by atoms with van der Waals surface area (Å²) in [4.78, 5) is 4.77. The van der Waals surface area contributed by atoms with Gasteiger partial charge in [-0.25, -0.2) is 4.68 Å². The zero-order valence-electron chi connectivity index (χ0n) is 13.7. The fourth-order valence-corrected chi connectivity index (χ4v) is 2.99. The van der Waals surface area contributed by atoms with Crippen molar-refractivity contribution in [3.8, 4) is 5.75 Å². The van der Waals surface area contributed by atoms with Crippen LogP contribution in [-0.2, 0) is 13.7 Å². The molecule has 124 valence electrons. The van der Waals surface area contributed by atoms with Crippen LogP contribution in [0, 0.1) is 4.77 Å². The van der Waals surface area contributed by atoms with Crippen molar-refractivity contribution in [2.45, 2.75) is 13.6 Å². The van der Waals surface area contributed by atoms with Crippen molar-refractivity contribution in [1.82, 2.24) is 19.2 Å². The van der Waals surface area contributed by atoms with Gasteiger partial charge in [-0.05, 0) is 31.3 Å². The van der Waals surface area contributed by atoms with Crippen LogP contribution in [0.5, 0.6) is 5.75 Å². The lowest BCUT2D eigenvalue weighted by molar-refractivity contribution is 0.193. The molecule has 0 atom stereocenters. The van der Waals surface area contributed by atoms with Crippen molar-refractivity contribution in [1.29, 1.82) is 0 Å². The zero-order valence-corrected chi connectivity index (χ0v) is 14.5. The van der Waals surface area contributed by atoms with Gasteiger partial charge in [-0.1, -0.05) is 12.1 Å². The van der Waals surface area contributed by atoms with E-state index in [2.05, 4.69) is 27.0 Å². The molecular weight excluding hydrogens is 310 g/mol. The summed E-state index contributed by atoms with van der Waals surface area (Å²) in [6, 6.07) is 8.26. The summed E-state index contributed by atoms with van der Waals surface area (Å²) in [7, 11) is 1.93. The number of hydrogen-bond acceptors (Lipinski definition) is 5. The molecule has 0 aliphatic carbocycles. The molecule has 0 unspecified atom stereocenters. The smallest absolute Gasteiger partial charge is 0.198 e. The highest BCUT2D eigenvalue weighted by Gasteiger charge is 2.20. The van der Waals surface area contributed by atoms with E-state index in [1.807, 2.05) is 35.4 Å². The lowest BCUT2D eigenvalue weighted by Crippen LogP contribution is -2.47. The SMILES string of the molecule is CCOc1ccccc1N1CCN(Cn2ncn(C)c2=S)CC1. The number of aryl methyl sites for hydroxylation is 1. The third-order valence-corrected chi connectivity index (χ3v) is 4.60. The summed E-state index contributed by atoms with van der Waals surface area (Å²) < 4.78 is 10.2. The summed E-state index contributed by atoms with van der Waals surface area (Å²) in [5.74, 6) is 0.968. The maximum Gasteiger partial charge on any atom is 0.198 e. The van der Waals surface area contributed by atoms with E-state index in [-0.39, 0.29) is 0 Å².